The molecule has 2 N–H and O–H groups in total. The van der Waals surface area contributed by atoms with Crippen molar-refractivity contribution >= 4 is 0 Å². The van der Waals surface area contributed by atoms with E-state index in [2.05, 4.69) is 15.8 Å². The van der Waals surface area contributed by atoms with E-state index in [0.717, 1.165) is 0 Å². The molecule has 50 valence electrons. The fourth-order valence-electron chi connectivity index (χ4n) is 0.225. The van der Waals surface area contributed by atoms with E-state index in [1.807, 2.05) is 6.92 Å². The summed E-state index contributed by atoms with van der Waals surface area (Å²) in [6.07, 6.45) is 0. The molecule has 8 heavy (non-hydrogen) atoms. The van der Waals surface area contributed by atoms with E-state index < -0.39 is 0 Å². The lowest BCUT2D eigenvalue weighted by molar-refractivity contribution is -0.00633. The van der Waals surface area contributed by atoms with Crippen molar-refractivity contribution < 1.29 is 9.57 Å². The molecule has 0 saturated carbocycles. The molecule has 0 aromatic carbocycles. The van der Waals surface area contributed by atoms with Gasteiger partial charge in [0.1, 0.15) is 6.73 Å². The maximum Gasteiger partial charge on any atom is 0.111 e. The molecular weight excluding hydrogens is 108 g/mol. The van der Waals surface area contributed by atoms with Crippen LogP contribution in [0.15, 0.2) is 0 Å². The molecule has 0 spiro atoms. The molecule has 4 heteroatoms. The average Bonchev–Trinajstić information content (AvgIpc) is 1.81. The van der Waals surface area contributed by atoms with Crippen molar-refractivity contribution in [2.24, 2.45) is 0 Å². The summed E-state index contributed by atoms with van der Waals surface area (Å²) in [5.74, 6) is 0. The van der Waals surface area contributed by atoms with Crippen LogP contribution in [-0.2, 0) is 9.57 Å². The van der Waals surface area contributed by atoms with Gasteiger partial charge in [-0.15, -0.1) is 5.59 Å². The number of ether oxygens (including phenoxy) is 1. The Morgan fingerprint density at radius 1 is 1.50 bits per heavy atom. The number of methoxy groups -OCH3 is 1. The van der Waals surface area contributed by atoms with E-state index in [1.54, 1.807) is 7.11 Å². The van der Waals surface area contributed by atoms with Gasteiger partial charge in [0.15, 0.2) is 0 Å². The fraction of sp³-hybridized carbons (Fsp3) is 1.00. The second-order valence-corrected chi connectivity index (χ2v) is 1.14. The Labute approximate surface area is 49.1 Å². The molecule has 0 atom stereocenters. The third-order valence-electron chi connectivity index (χ3n) is 0.505. The first kappa shape index (κ1) is 7.84. The monoisotopic (exact) mass is 120 g/mol. The van der Waals surface area contributed by atoms with E-state index in [9.17, 15) is 0 Å². The molecule has 0 aliphatic heterocycles. The van der Waals surface area contributed by atoms with Crippen molar-refractivity contribution in [2.45, 2.75) is 6.92 Å². The summed E-state index contributed by atoms with van der Waals surface area (Å²) < 4.78 is 4.63. The average molecular weight is 120 g/mol. The highest BCUT2D eigenvalue weighted by atomic mass is 16.7. The topological polar surface area (TPSA) is 42.5 Å². The predicted octanol–water partition coefficient (Wildman–Crippen LogP) is -0.364. The first-order valence-electron chi connectivity index (χ1n) is 2.50. The summed E-state index contributed by atoms with van der Waals surface area (Å²) in [5, 5.41) is 0. The minimum atomic E-state index is 0.444. The van der Waals surface area contributed by atoms with Crippen molar-refractivity contribution in [1.82, 2.24) is 11.0 Å². The lowest BCUT2D eigenvalue weighted by Gasteiger charge is -2.02. The molecule has 0 aromatic rings. The molecule has 0 rings (SSSR count). The third-order valence-corrected chi connectivity index (χ3v) is 0.505. The summed E-state index contributed by atoms with van der Waals surface area (Å²) in [6, 6.07) is 0. The quantitative estimate of drug-likeness (QED) is 0.295. The highest BCUT2D eigenvalue weighted by Gasteiger charge is 1.76. The second kappa shape index (κ2) is 6.84. The van der Waals surface area contributed by atoms with E-state index >= 15 is 0 Å². The van der Waals surface area contributed by atoms with Crippen molar-refractivity contribution in [2.75, 3.05) is 20.4 Å². The van der Waals surface area contributed by atoms with E-state index in [0.29, 0.717) is 13.3 Å². The van der Waals surface area contributed by atoms with Gasteiger partial charge in [-0.05, 0) is 6.92 Å². The van der Waals surface area contributed by atoms with Crippen LogP contribution in [0.5, 0.6) is 0 Å². The van der Waals surface area contributed by atoms with Gasteiger partial charge in [-0.3, -0.25) is 4.84 Å². The Bertz CT molecular complexity index is 37.0. The standard InChI is InChI=1S/C4H12N2O2/c1-3-8-6-5-4-7-2/h5-6H,3-4H2,1-2H3. The maximum absolute atomic E-state index is 4.69. The fourth-order valence-corrected chi connectivity index (χ4v) is 0.225. The zero-order valence-corrected chi connectivity index (χ0v) is 5.23. The minimum Gasteiger partial charge on any atom is -0.368 e. The maximum atomic E-state index is 4.69. The zero-order chi connectivity index (χ0) is 6.24. The summed E-state index contributed by atoms with van der Waals surface area (Å²) in [4.78, 5) is 4.69. The number of rotatable bonds is 5. The largest absolute Gasteiger partial charge is 0.368 e. The first-order valence-corrected chi connectivity index (χ1v) is 2.50. The number of hydrogen-bond acceptors (Lipinski definition) is 4. The van der Waals surface area contributed by atoms with E-state index in [-0.39, 0.29) is 0 Å². The highest BCUT2D eigenvalue weighted by Crippen LogP contribution is 1.58. The van der Waals surface area contributed by atoms with Gasteiger partial charge in [0, 0.05) is 7.11 Å². The van der Waals surface area contributed by atoms with Crippen molar-refractivity contribution in [1.29, 1.82) is 0 Å². The summed E-state index contributed by atoms with van der Waals surface area (Å²) in [6.45, 7) is 2.97. The molecule has 0 heterocycles. The highest BCUT2D eigenvalue weighted by molar-refractivity contribution is 4.09. The van der Waals surface area contributed by atoms with Gasteiger partial charge in [0.2, 0.25) is 0 Å². The summed E-state index contributed by atoms with van der Waals surface area (Å²) >= 11 is 0. The molecule has 4 nitrogen and oxygen atoms in total. The number of hydrogen-bond donors (Lipinski definition) is 2. The molecule has 0 aromatic heterocycles. The Balaban J connectivity index is 2.53. The molecule has 0 unspecified atom stereocenters. The number of hydrazine groups is 1. The molecular formula is C4H12N2O2. The first-order chi connectivity index (χ1) is 3.91. The summed E-state index contributed by atoms with van der Waals surface area (Å²) in [7, 11) is 1.60. The predicted molar refractivity (Wildman–Crippen MR) is 29.8 cm³/mol. The van der Waals surface area contributed by atoms with Gasteiger partial charge in [0.25, 0.3) is 0 Å². The van der Waals surface area contributed by atoms with Gasteiger partial charge in [-0.2, -0.15) is 0 Å². The Kier molecular flexibility index (Phi) is 6.70. The molecule has 0 bridgehead atoms. The molecule has 0 aliphatic carbocycles. The van der Waals surface area contributed by atoms with Crippen molar-refractivity contribution in [3.8, 4) is 0 Å². The molecule has 0 aliphatic rings. The minimum absolute atomic E-state index is 0.444. The van der Waals surface area contributed by atoms with Crippen LogP contribution < -0.4 is 11.0 Å². The van der Waals surface area contributed by atoms with Gasteiger partial charge < -0.3 is 4.74 Å². The molecule has 0 radical (unpaired) electrons. The lowest BCUT2D eigenvalue weighted by Crippen LogP contribution is -2.33. The van der Waals surface area contributed by atoms with Crippen LogP contribution in [0.4, 0.5) is 0 Å². The Morgan fingerprint density at radius 3 is 2.75 bits per heavy atom. The van der Waals surface area contributed by atoms with Crippen LogP contribution in [0, 0.1) is 0 Å². The lowest BCUT2D eigenvalue weighted by atomic mass is 10.9. The molecule has 0 fully saturated rings. The smallest absolute Gasteiger partial charge is 0.111 e. The van der Waals surface area contributed by atoms with E-state index in [1.165, 1.54) is 0 Å². The zero-order valence-electron chi connectivity index (χ0n) is 5.23. The normalized spacial score (nSPS) is 9.75. The number of nitrogens with one attached hydrogen (secondary N) is 2. The van der Waals surface area contributed by atoms with Gasteiger partial charge in [-0.25, -0.2) is 5.43 Å². The molecule has 0 saturated heterocycles. The second-order valence-electron chi connectivity index (χ2n) is 1.14. The summed E-state index contributed by atoms with van der Waals surface area (Å²) in [5.41, 5.74) is 5.10. The van der Waals surface area contributed by atoms with Crippen LogP contribution in [0.2, 0.25) is 0 Å². The van der Waals surface area contributed by atoms with Crippen LogP contribution in [0.3, 0.4) is 0 Å². The molecule has 0 amide bonds. The van der Waals surface area contributed by atoms with Gasteiger partial charge in [0.05, 0.1) is 6.61 Å². The van der Waals surface area contributed by atoms with Crippen LogP contribution >= 0.6 is 0 Å². The van der Waals surface area contributed by atoms with Gasteiger partial charge in [-0.1, -0.05) is 0 Å². The van der Waals surface area contributed by atoms with Gasteiger partial charge >= 0.3 is 0 Å². The third kappa shape index (κ3) is 5.84. The van der Waals surface area contributed by atoms with E-state index in [4.69, 9.17) is 4.84 Å². The van der Waals surface area contributed by atoms with Crippen LogP contribution in [0.1, 0.15) is 6.92 Å². The van der Waals surface area contributed by atoms with Crippen molar-refractivity contribution in [3.63, 3.8) is 0 Å². The van der Waals surface area contributed by atoms with Crippen molar-refractivity contribution in [3.05, 3.63) is 0 Å². The van der Waals surface area contributed by atoms with Crippen LogP contribution in [0.25, 0.3) is 0 Å². The Hall–Kier alpha value is -0.160. The SMILES string of the molecule is CCONNCOC. The van der Waals surface area contributed by atoms with Crippen LogP contribution in [-0.4, -0.2) is 20.4 Å². The Morgan fingerprint density at radius 2 is 2.25 bits per heavy atom.